The summed E-state index contributed by atoms with van der Waals surface area (Å²) in [5.74, 6) is 0.815. The van der Waals surface area contributed by atoms with E-state index in [0.29, 0.717) is 0 Å². The van der Waals surface area contributed by atoms with E-state index in [1.54, 1.807) is 0 Å². The number of alkyl halides is 1. The fourth-order valence-corrected chi connectivity index (χ4v) is 1.90. The van der Waals surface area contributed by atoms with E-state index in [4.69, 9.17) is 11.6 Å². The number of hydrogen-bond acceptors (Lipinski definition) is 1. The van der Waals surface area contributed by atoms with Crippen LogP contribution < -0.4 is 5.32 Å². The Morgan fingerprint density at radius 2 is 1.44 bits per heavy atom. The van der Waals surface area contributed by atoms with E-state index in [-0.39, 0.29) is 0 Å². The van der Waals surface area contributed by atoms with Gasteiger partial charge in [-0.25, -0.2) is 0 Å². The lowest BCUT2D eigenvalue weighted by Gasteiger charge is -2.05. The van der Waals surface area contributed by atoms with Crippen LogP contribution in [0, 0.1) is 0 Å². The second kappa shape index (κ2) is 9.53. The number of halogens is 1. The number of rotatable bonds is 9. The molecule has 0 atom stereocenters. The second-order valence-electron chi connectivity index (χ2n) is 4.10. The van der Waals surface area contributed by atoms with Crippen molar-refractivity contribution in [2.24, 2.45) is 0 Å². The minimum atomic E-state index is 0.815. The summed E-state index contributed by atoms with van der Waals surface area (Å²) in [7, 11) is 0. The molecule has 0 unspecified atom stereocenters. The summed E-state index contributed by atoms with van der Waals surface area (Å²) in [4.78, 5) is 0. The molecule has 1 rings (SSSR count). The van der Waals surface area contributed by atoms with Gasteiger partial charge in [-0.1, -0.05) is 43.9 Å². The Kier molecular flexibility index (Phi) is 7.97. The topological polar surface area (TPSA) is 12.0 Å². The number of unbranched alkanes of at least 4 members (excludes halogenated alkanes) is 5. The van der Waals surface area contributed by atoms with Crippen LogP contribution in [0.2, 0.25) is 0 Å². The third-order valence-corrected chi connectivity index (χ3v) is 2.93. The lowest BCUT2D eigenvalue weighted by atomic mass is 10.1. The second-order valence-corrected chi connectivity index (χ2v) is 4.48. The van der Waals surface area contributed by atoms with Crippen LogP contribution in [-0.2, 0) is 0 Å². The predicted octanol–water partition coefficient (Wildman–Crippen LogP) is 4.68. The van der Waals surface area contributed by atoms with Gasteiger partial charge in [-0.2, -0.15) is 0 Å². The highest BCUT2D eigenvalue weighted by molar-refractivity contribution is 6.17. The van der Waals surface area contributed by atoms with E-state index in [1.807, 2.05) is 6.07 Å². The number of nitrogens with one attached hydrogen (secondary N) is 1. The predicted molar refractivity (Wildman–Crippen MR) is 73.4 cm³/mol. The molecular weight excluding hydrogens is 218 g/mol. The van der Waals surface area contributed by atoms with Crippen molar-refractivity contribution in [2.45, 2.75) is 38.5 Å². The van der Waals surface area contributed by atoms with Gasteiger partial charge < -0.3 is 5.32 Å². The normalized spacial score (nSPS) is 10.3. The average molecular weight is 240 g/mol. The molecule has 0 aromatic heterocycles. The number of para-hydroxylation sites is 1. The molecule has 1 aromatic carbocycles. The summed E-state index contributed by atoms with van der Waals surface area (Å²) in [6.07, 6.45) is 7.71. The van der Waals surface area contributed by atoms with Gasteiger partial charge >= 0.3 is 0 Å². The minimum absolute atomic E-state index is 0.815. The van der Waals surface area contributed by atoms with E-state index in [1.165, 1.54) is 44.2 Å². The van der Waals surface area contributed by atoms with E-state index in [9.17, 15) is 0 Å². The van der Waals surface area contributed by atoms with Gasteiger partial charge in [0, 0.05) is 18.1 Å². The van der Waals surface area contributed by atoms with Gasteiger partial charge in [0.1, 0.15) is 0 Å². The van der Waals surface area contributed by atoms with Gasteiger partial charge in [0.15, 0.2) is 0 Å². The van der Waals surface area contributed by atoms with Crippen molar-refractivity contribution in [3.05, 3.63) is 30.3 Å². The Balaban J connectivity index is 1.89. The third kappa shape index (κ3) is 6.73. The standard InChI is InChI=1S/C14H22ClN/c15-12-8-3-1-2-4-9-13-16-14-10-6-5-7-11-14/h5-7,10-11,16H,1-4,8-9,12-13H2. The molecule has 0 aliphatic rings. The molecule has 0 amide bonds. The molecule has 0 radical (unpaired) electrons. The van der Waals surface area contributed by atoms with Gasteiger partial charge in [0.2, 0.25) is 0 Å². The number of hydrogen-bond donors (Lipinski definition) is 1. The zero-order chi connectivity index (χ0) is 11.5. The largest absolute Gasteiger partial charge is 0.385 e. The lowest BCUT2D eigenvalue weighted by Crippen LogP contribution is -2.00. The maximum atomic E-state index is 5.62. The summed E-state index contributed by atoms with van der Waals surface area (Å²) in [6, 6.07) is 10.4. The van der Waals surface area contributed by atoms with E-state index >= 15 is 0 Å². The Hall–Kier alpha value is -0.690. The molecule has 90 valence electrons. The molecule has 1 nitrogen and oxygen atoms in total. The lowest BCUT2D eigenvalue weighted by molar-refractivity contribution is 0.618. The highest BCUT2D eigenvalue weighted by Gasteiger charge is 1.92. The van der Waals surface area contributed by atoms with Crippen LogP contribution in [0.15, 0.2) is 30.3 Å². The van der Waals surface area contributed by atoms with Crippen LogP contribution in [0.4, 0.5) is 5.69 Å². The van der Waals surface area contributed by atoms with E-state index in [2.05, 4.69) is 29.6 Å². The first-order valence-electron chi connectivity index (χ1n) is 6.28. The summed E-state index contributed by atoms with van der Waals surface area (Å²) in [5, 5.41) is 3.43. The molecule has 16 heavy (non-hydrogen) atoms. The summed E-state index contributed by atoms with van der Waals surface area (Å²) < 4.78 is 0. The quantitative estimate of drug-likeness (QED) is 0.488. The van der Waals surface area contributed by atoms with E-state index < -0.39 is 0 Å². The molecular formula is C14H22ClN. The molecule has 0 heterocycles. The summed E-state index contributed by atoms with van der Waals surface area (Å²) in [6.45, 7) is 1.08. The van der Waals surface area contributed by atoms with Gasteiger partial charge in [0.25, 0.3) is 0 Å². The van der Waals surface area contributed by atoms with Crippen molar-refractivity contribution < 1.29 is 0 Å². The molecule has 0 fully saturated rings. The molecule has 0 bridgehead atoms. The van der Waals surface area contributed by atoms with Gasteiger partial charge in [0.05, 0.1) is 0 Å². The molecule has 0 aliphatic carbocycles. The van der Waals surface area contributed by atoms with Gasteiger partial charge in [-0.3, -0.25) is 0 Å². The van der Waals surface area contributed by atoms with Crippen molar-refractivity contribution in [3.63, 3.8) is 0 Å². The van der Waals surface area contributed by atoms with Crippen LogP contribution in [-0.4, -0.2) is 12.4 Å². The molecule has 1 aromatic rings. The Labute approximate surface area is 104 Å². The molecule has 0 aliphatic heterocycles. The Morgan fingerprint density at radius 3 is 2.12 bits per heavy atom. The maximum Gasteiger partial charge on any atom is 0.0340 e. The maximum absolute atomic E-state index is 5.62. The van der Waals surface area contributed by atoms with Crippen molar-refractivity contribution >= 4 is 17.3 Å². The zero-order valence-corrected chi connectivity index (χ0v) is 10.7. The smallest absolute Gasteiger partial charge is 0.0340 e. The minimum Gasteiger partial charge on any atom is -0.385 e. The fourth-order valence-electron chi connectivity index (χ4n) is 1.72. The van der Waals surface area contributed by atoms with Crippen LogP contribution >= 0.6 is 11.6 Å². The average Bonchev–Trinajstić information content (AvgIpc) is 2.34. The van der Waals surface area contributed by atoms with Crippen LogP contribution in [0.5, 0.6) is 0 Å². The first kappa shape index (κ1) is 13.4. The zero-order valence-electron chi connectivity index (χ0n) is 9.92. The Morgan fingerprint density at radius 1 is 0.812 bits per heavy atom. The van der Waals surface area contributed by atoms with Crippen molar-refractivity contribution in [1.29, 1.82) is 0 Å². The number of anilines is 1. The van der Waals surface area contributed by atoms with Gasteiger partial charge in [-0.15, -0.1) is 11.6 Å². The van der Waals surface area contributed by atoms with Crippen molar-refractivity contribution in [3.8, 4) is 0 Å². The molecule has 0 saturated carbocycles. The molecule has 2 heteroatoms. The monoisotopic (exact) mass is 239 g/mol. The first-order chi connectivity index (χ1) is 7.93. The Bertz CT molecular complexity index is 248. The van der Waals surface area contributed by atoms with Crippen molar-refractivity contribution in [1.82, 2.24) is 0 Å². The highest BCUT2D eigenvalue weighted by Crippen LogP contribution is 2.08. The van der Waals surface area contributed by atoms with E-state index in [0.717, 1.165) is 12.4 Å². The van der Waals surface area contributed by atoms with Crippen molar-refractivity contribution in [2.75, 3.05) is 17.7 Å². The molecule has 1 N–H and O–H groups in total. The van der Waals surface area contributed by atoms with Gasteiger partial charge in [-0.05, 0) is 25.0 Å². The molecule has 0 spiro atoms. The summed E-state index contributed by atoms with van der Waals surface area (Å²) in [5.41, 5.74) is 1.23. The number of benzene rings is 1. The first-order valence-corrected chi connectivity index (χ1v) is 6.82. The highest BCUT2D eigenvalue weighted by atomic mass is 35.5. The van der Waals surface area contributed by atoms with Crippen LogP contribution in [0.1, 0.15) is 38.5 Å². The SMILES string of the molecule is ClCCCCCCCCNc1ccccc1. The fraction of sp³-hybridized carbons (Fsp3) is 0.571. The summed E-state index contributed by atoms with van der Waals surface area (Å²) >= 11 is 5.62. The van der Waals surface area contributed by atoms with Crippen LogP contribution in [0.3, 0.4) is 0 Å². The molecule has 0 saturated heterocycles. The van der Waals surface area contributed by atoms with Crippen LogP contribution in [0.25, 0.3) is 0 Å². The third-order valence-electron chi connectivity index (χ3n) is 2.66.